The van der Waals surface area contributed by atoms with Crippen LogP contribution in [-0.4, -0.2) is 18.6 Å². The molecule has 2 rings (SSSR count). The Kier molecular flexibility index (Phi) is 4.56. The van der Waals surface area contributed by atoms with Crippen LogP contribution in [0.1, 0.15) is 31.2 Å². The molecule has 0 aromatic heterocycles. The Morgan fingerprint density at radius 1 is 1.24 bits per heavy atom. The summed E-state index contributed by atoms with van der Waals surface area (Å²) < 4.78 is 0. The number of hydrogen-bond donors (Lipinski definition) is 1. The van der Waals surface area contributed by atoms with Gasteiger partial charge in [0.2, 0.25) is 0 Å². The third-order valence-corrected chi connectivity index (χ3v) is 3.02. The summed E-state index contributed by atoms with van der Waals surface area (Å²) in [5.41, 5.74) is 3.91. The minimum atomic E-state index is 0.709. The highest BCUT2D eigenvalue weighted by Gasteiger charge is 2.02. The predicted molar refractivity (Wildman–Crippen MR) is 73.0 cm³/mol. The monoisotopic (exact) mass is 249 g/mol. The van der Waals surface area contributed by atoms with E-state index in [1.807, 2.05) is 24.3 Å². The average Bonchev–Trinajstić information content (AvgIpc) is 2.60. The molecule has 4 heteroatoms. The fourth-order valence-electron chi connectivity index (χ4n) is 1.72. The van der Waals surface area contributed by atoms with Crippen molar-refractivity contribution in [1.29, 1.82) is 0 Å². The lowest BCUT2D eigenvalue weighted by Gasteiger charge is -2.02. The van der Waals surface area contributed by atoms with Crippen LogP contribution in [0.15, 0.2) is 34.4 Å². The molecule has 0 fully saturated rings. The van der Waals surface area contributed by atoms with E-state index < -0.39 is 0 Å². The van der Waals surface area contributed by atoms with Gasteiger partial charge in [-0.25, -0.2) is 0 Å². The van der Waals surface area contributed by atoms with E-state index in [0.717, 1.165) is 24.4 Å². The Labute approximate surface area is 107 Å². The summed E-state index contributed by atoms with van der Waals surface area (Å²) in [5, 5.41) is 4.89. The van der Waals surface area contributed by atoms with Crippen molar-refractivity contribution in [2.45, 2.75) is 25.7 Å². The Morgan fingerprint density at radius 2 is 2.12 bits per heavy atom. The molecule has 1 aromatic rings. The summed E-state index contributed by atoms with van der Waals surface area (Å²) in [5.74, 6) is 0.978. The van der Waals surface area contributed by atoms with Crippen molar-refractivity contribution in [2.24, 2.45) is 10.1 Å². The summed E-state index contributed by atoms with van der Waals surface area (Å²) >= 11 is 6.02. The van der Waals surface area contributed by atoms with E-state index in [9.17, 15) is 0 Å². The molecule has 3 nitrogen and oxygen atoms in total. The highest BCUT2D eigenvalue weighted by molar-refractivity contribution is 6.33. The van der Waals surface area contributed by atoms with Crippen LogP contribution < -0.4 is 5.43 Å². The van der Waals surface area contributed by atoms with Gasteiger partial charge in [0.05, 0.1) is 6.21 Å². The molecule has 0 saturated carbocycles. The van der Waals surface area contributed by atoms with Gasteiger partial charge in [-0.2, -0.15) is 5.10 Å². The van der Waals surface area contributed by atoms with Crippen LogP contribution in [0, 0.1) is 0 Å². The number of hydrogen-bond acceptors (Lipinski definition) is 3. The van der Waals surface area contributed by atoms with Gasteiger partial charge >= 0.3 is 0 Å². The van der Waals surface area contributed by atoms with Gasteiger partial charge in [0.15, 0.2) is 0 Å². The van der Waals surface area contributed by atoms with E-state index >= 15 is 0 Å². The Hall–Kier alpha value is -1.35. The number of halogens is 1. The lowest BCUT2D eigenvalue weighted by atomic mass is 10.2. The van der Waals surface area contributed by atoms with E-state index in [4.69, 9.17) is 11.6 Å². The maximum Gasteiger partial charge on any atom is 0.117 e. The molecule has 0 bridgehead atoms. The van der Waals surface area contributed by atoms with Crippen LogP contribution in [0.5, 0.6) is 0 Å². The largest absolute Gasteiger partial charge is 0.271 e. The second kappa shape index (κ2) is 6.40. The number of nitrogens with zero attached hydrogens (tertiary/aromatic N) is 2. The molecule has 90 valence electrons. The first-order valence-electron chi connectivity index (χ1n) is 5.93. The minimum Gasteiger partial charge on any atom is -0.271 e. The molecule has 0 atom stereocenters. The van der Waals surface area contributed by atoms with Gasteiger partial charge in [-0.05, 0) is 18.9 Å². The van der Waals surface area contributed by atoms with Crippen molar-refractivity contribution in [3.8, 4) is 0 Å². The average molecular weight is 250 g/mol. The van der Waals surface area contributed by atoms with Crippen molar-refractivity contribution < 1.29 is 0 Å². The molecule has 0 radical (unpaired) electrons. The van der Waals surface area contributed by atoms with Crippen LogP contribution >= 0.6 is 11.6 Å². The van der Waals surface area contributed by atoms with Crippen LogP contribution in [-0.2, 0) is 0 Å². The number of hydrazone groups is 1. The molecule has 0 aliphatic carbocycles. The SMILES string of the molecule is Clc1ccccc1C=NNC1=NCCCCC1. The summed E-state index contributed by atoms with van der Waals surface area (Å²) in [7, 11) is 0. The second-order valence-corrected chi connectivity index (χ2v) is 4.44. The summed E-state index contributed by atoms with van der Waals surface area (Å²) in [6.07, 6.45) is 6.34. The van der Waals surface area contributed by atoms with Gasteiger partial charge in [-0.1, -0.05) is 36.2 Å². The van der Waals surface area contributed by atoms with Crippen LogP contribution in [0.4, 0.5) is 0 Å². The fraction of sp³-hybridized carbons (Fsp3) is 0.385. The van der Waals surface area contributed by atoms with Crippen LogP contribution in [0.3, 0.4) is 0 Å². The van der Waals surface area contributed by atoms with Crippen LogP contribution in [0.25, 0.3) is 0 Å². The van der Waals surface area contributed by atoms with Crippen molar-refractivity contribution >= 4 is 23.7 Å². The van der Waals surface area contributed by atoms with E-state index in [1.165, 1.54) is 19.3 Å². The zero-order valence-corrected chi connectivity index (χ0v) is 10.5. The summed E-state index contributed by atoms with van der Waals surface area (Å²) in [6, 6.07) is 7.63. The second-order valence-electron chi connectivity index (χ2n) is 4.03. The summed E-state index contributed by atoms with van der Waals surface area (Å²) in [4.78, 5) is 4.44. The molecule has 1 aliphatic heterocycles. The predicted octanol–water partition coefficient (Wildman–Crippen LogP) is 3.24. The minimum absolute atomic E-state index is 0.709. The Morgan fingerprint density at radius 3 is 3.00 bits per heavy atom. The molecular formula is C13H16ClN3. The topological polar surface area (TPSA) is 36.8 Å². The van der Waals surface area contributed by atoms with Crippen LogP contribution in [0.2, 0.25) is 5.02 Å². The first-order chi connectivity index (χ1) is 8.36. The van der Waals surface area contributed by atoms with Crippen molar-refractivity contribution in [2.75, 3.05) is 6.54 Å². The molecule has 0 amide bonds. The maximum absolute atomic E-state index is 6.02. The maximum atomic E-state index is 6.02. The standard InChI is InChI=1S/C13H16ClN3/c14-12-7-4-3-6-11(12)10-16-17-13-8-2-1-5-9-15-13/h3-4,6-7,10H,1-2,5,8-9H2,(H,15,17). The number of aliphatic imine (C=N–C) groups is 1. The van der Waals surface area contributed by atoms with Crippen molar-refractivity contribution in [3.05, 3.63) is 34.9 Å². The Bertz CT molecular complexity index is 426. The normalized spacial score (nSPS) is 16.6. The van der Waals surface area contributed by atoms with E-state index in [0.29, 0.717) is 5.02 Å². The van der Waals surface area contributed by atoms with Gasteiger partial charge in [0.25, 0.3) is 0 Å². The number of benzene rings is 1. The third kappa shape index (κ3) is 3.86. The van der Waals surface area contributed by atoms with E-state index in [1.54, 1.807) is 6.21 Å². The number of nitrogens with one attached hydrogen (secondary N) is 1. The zero-order valence-electron chi connectivity index (χ0n) is 9.69. The first-order valence-corrected chi connectivity index (χ1v) is 6.31. The molecular weight excluding hydrogens is 234 g/mol. The molecule has 0 spiro atoms. The smallest absolute Gasteiger partial charge is 0.117 e. The fourth-order valence-corrected chi connectivity index (χ4v) is 1.91. The quantitative estimate of drug-likeness (QED) is 0.634. The lowest BCUT2D eigenvalue weighted by molar-refractivity contribution is 0.729. The molecule has 1 aliphatic rings. The number of rotatable bonds is 2. The van der Waals surface area contributed by atoms with Gasteiger partial charge < -0.3 is 0 Å². The first kappa shape index (κ1) is 12.1. The highest BCUT2D eigenvalue weighted by Crippen LogP contribution is 2.12. The van der Waals surface area contributed by atoms with E-state index in [-0.39, 0.29) is 0 Å². The zero-order chi connectivity index (χ0) is 11.9. The third-order valence-electron chi connectivity index (χ3n) is 2.68. The molecule has 0 saturated heterocycles. The highest BCUT2D eigenvalue weighted by atomic mass is 35.5. The van der Waals surface area contributed by atoms with Gasteiger partial charge in [0.1, 0.15) is 5.84 Å². The van der Waals surface area contributed by atoms with Crippen molar-refractivity contribution in [1.82, 2.24) is 5.43 Å². The molecule has 1 heterocycles. The van der Waals surface area contributed by atoms with Gasteiger partial charge in [-0.3, -0.25) is 10.4 Å². The molecule has 0 unspecified atom stereocenters. The van der Waals surface area contributed by atoms with Crippen molar-refractivity contribution in [3.63, 3.8) is 0 Å². The lowest BCUT2D eigenvalue weighted by Crippen LogP contribution is -2.17. The van der Waals surface area contributed by atoms with Gasteiger partial charge in [-0.15, -0.1) is 0 Å². The molecule has 17 heavy (non-hydrogen) atoms. The molecule has 1 aromatic carbocycles. The summed E-state index contributed by atoms with van der Waals surface area (Å²) in [6.45, 7) is 0.907. The Balaban J connectivity index is 1.93. The van der Waals surface area contributed by atoms with E-state index in [2.05, 4.69) is 15.5 Å². The number of amidine groups is 1. The van der Waals surface area contributed by atoms with Gasteiger partial charge in [0, 0.05) is 23.6 Å². The molecule has 1 N–H and O–H groups in total.